The molecule has 2 aromatic rings. The highest BCUT2D eigenvalue weighted by Crippen LogP contribution is 2.41. The number of rotatable bonds is 4. The van der Waals surface area contributed by atoms with E-state index in [2.05, 4.69) is 0 Å². The maximum atomic E-state index is 13.7. The van der Waals surface area contributed by atoms with Gasteiger partial charge in [0.15, 0.2) is 0 Å². The Hall–Kier alpha value is -2.05. The van der Waals surface area contributed by atoms with Gasteiger partial charge in [0.2, 0.25) is 0 Å². The van der Waals surface area contributed by atoms with Crippen LogP contribution in [0.15, 0.2) is 48.5 Å². The maximum absolute atomic E-state index is 13.7. The summed E-state index contributed by atoms with van der Waals surface area (Å²) < 4.78 is 41.0. The highest BCUT2D eigenvalue weighted by molar-refractivity contribution is 6.30. The van der Waals surface area contributed by atoms with Crippen molar-refractivity contribution in [3.63, 3.8) is 0 Å². The Balaban J connectivity index is 2.19. The lowest BCUT2D eigenvalue weighted by Gasteiger charge is -2.40. The maximum Gasteiger partial charge on any atom is 0.416 e. The van der Waals surface area contributed by atoms with E-state index in [-0.39, 0.29) is 5.56 Å². The molecule has 1 aliphatic rings. The zero-order chi connectivity index (χ0) is 19.6. The summed E-state index contributed by atoms with van der Waals surface area (Å²) in [5, 5.41) is 10.0. The van der Waals surface area contributed by atoms with E-state index < -0.39 is 29.8 Å². The molecule has 2 aromatic carbocycles. The fourth-order valence-electron chi connectivity index (χ4n) is 3.75. The van der Waals surface area contributed by atoms with Gasteiger partial charge in [-0.25, -0.2) is 0 Å². The molecule has 0 radical (unpaired) electrons. The second-order valence-corrected chi connectivity index (χ2v) is 7.07. The first kappa shape index (κ1) is 19.7. The summed E-state index contributed by atoms with van der Waals surface area (Å²) >= 11 is 6.09. The van der Waals surface area contributed by atoms with Gasteiger partial charge in [0.1, 0.15) is 6.04 Å². The summed E-state index contributed by atoms with van der Waals surface area (Å²) in [5.74, 6) is -1.02. The predicted molar refractivity (Wildman–Crippen MR) is 96.7 cm³/mol. The molecular weight excluding hydrogens is 379 g/mol. The van der Waals surface area contributed by atoms with Crippen molar-refractivity contribution < 1.29 is 23.1 Å². The molecule has 2 unspecified atom stereocenters. The van der Waals surface area contributed by atoms with E-state index in [1.807, 2.05) is 0 Å². The molecule has 0 aromatic heterocycles. The minimum Gasteiger partial charge on any atom is -0.480 e. The first-order valence-electron chi connectivity index (χ1n) is 8.69. The second-order valence-electron chi connectivity index (χ2n) is 6.63. The molecule has 2 atom stereocenters. The quantitative estimate of drug-likeness (QED) is 0.752. The van der Waals surface area contributed by atoms with Gasteiger partial charge >= 0.3 is 12.1 Å². The topological polar surface area (TPSA) is 40.5 Å². The summed E-state index contributed by atoms with van der Waals surface area (Å²) in [7, 11) is 0. The second kappa shape index (κ2) is 7.90. The standard InChI is InChI=1S/C20H19ClF3NO2/c21-14-7-5-6-13(12-14)18(25-11-4-3-10-17(25)19(26)27)15-8-1-2-9-16(15)20(22,23)24/h1-2,5-9,12,17-18H,3-4,10-11H2,(H,26,27). The van der Waals surface area contributed by atoms with Crippen LogP contribution in [0, 0.1) is 0 Å². The van der Waals surface area contributed by atoms with Crippen LogP contribution in [0.25, 0.3) is 0 Å². The molecule has 0 aliphatic carbocycles. The Morgan fingerprint density at radius 1 is 1.15 bits per heavy atom. The van der Waals surface area contributed by atoms with Crippen LogP contribution < -0.4 is 0 Å². The fraction of sp³-hybridized carbons (Fsp3) is 0.350. The lowest BCUT2D eigenvalue weighted by Crippen LogP contribution is -2.47. The Kier molecular flexibility index (Phi) is 5.77. The Bertz CT molecular complexity index is 825. The number of benzene rings is 2. The van der Waals surface area contributed by atoms with E-state index in [4.69, 9.17) is 11.6 Å². The number of hydrogen-bond donors (Lipinski definition) is 1. The van der Waals surface area contributed by atoms with Gasteiger partial charge in [0.25, 0.3) is 0 Å². The number of carbonyl (C=O) groups is 1. The molecule has 1 saturated heterocycles. The molecule has 0 saturated carbocycles. The van der Waals surface area contributed by atoms with Gasteiger partial charge in [-0.05, 0) is 48.7 Å². The van der Waals surface area contributed by atoms with E-state index in [1.54, 1.807) is 35.2 Å². The van der Waals surface area contributed by atoms with Crippen molar-refractivity contribution in [2.75, 3.05) is 6.54 Å². The summed E-state index contributed by atoms with van der Waals surface area (Å²) in [5.41, 5.74) is -0.169. The van der Waals surface area contributed by atoms with Crippen molar-refractivity contribution >= 4 is 17.6 Å². The number of nitrogens with zero attached hydrogens (tertiary/aromatic N) is 1. The number of aliphatic carboxylic acids is 1. The average molecular weight is 398 g/mol. The third-order valence-electron chi connectivity index (χ3n) is 4.89. The van der Waals surface area contributed by atoms with Crippen LogP contribution in [0.3, 0.4) is 0 Å². The molecule has 144 valence electrons. The molecule has 3 nitrogen and oxygen atoms in total. The number of halogens is 4. The van der Waals surface area contributed by atoms with Gasteiger partial charge in [-0.1, -0.05) is 48.4 Å². The average Bonchev–Trinajstić information content (AvgIpc) is 2.62. The van der Waals surface area contributed by atoms with Gasteiger partial charge < -0.3 is 5.11 Å². The predicted octanol–water partition coefficient (Wildman–Crippen LogP) is 5.39. The van der Waals surface area contributed by atoms with Gasteiger partial charge in [0.05, 0.1) is 11.6 Å². The van der Waals surface area contributed by atoms with Crippen LogP contribution >= 0.6 is 11.6 Å². The number of carboxylic acids is 1. The lowest BCUT2D eigenvalue weighted by molar-refractivity contribution is -0.145. The fourth-order valence-corrected chi connectivity index (χ4v) is 3.95. The van der Waals surface area contributed by atoms with Crippen LogP contribution in [-0.2, 0) is 11.0 Å². The molecule has 27 heavy (non-hydrogen) atoms. The van der Waals surface area contributed by atoms with Crippen molar-refractivity contribution in [3.8, 4) is 0 Å². The zero-order valence-electron chi connectivity index (χ0n) is 14.4. The molecule has 1 aliphatic heterocycles. The molecule has 1 N–H and O–H groups in total. The van der Waals surface area contributed by atoms with Gasteiger partial charge in [0, 0.05) is 5.02 Å². The van der Waals surface area contributed by atoms with Crippen LogP contribution in [0.4, 0.5) is 13.2 Å². The van der Waals surface area contributed by atoms with Crippen LogP contribution in [0.2, 0.25) is 5.02 Å². The van der Waals surface area contributed by atoms with Crippen LogP contribution in [0.1, 0.15) is 42.0 Å². The summed E-state index contributed by atoms with van der Waals surface area (Å²) in [6, 6.07) is 10.3. The smallest absolute Gasteiger partial charge is 0.416 e. The Morgan fingerprint density at radius 2 is 1.89 bits per heavy atom. The monoisotopic (exact) mass is 397 g/mol. The Labute approximate surface area is 160 Å². The first-order valence-corrected chi connectivity index (χ1v) is 9.07. The summed E-state index contributed by atoms with van der Waals surface area (Å²) in [6.45, 7) is 0.403. The van der Waals surface area contributed by atoms with E-state index in [0.717, 1.165) is 18.9 Å². The van der Waals surface area contributed by atoms with Crippen LogP contribution in [-0.4, -0.2) is 28.6 Å². The molecule has 0 amide bonds. The number of carboxylic acid groups (broad SMARTS) is 1. The summed E-state index contributed by atoms with van der Waals surface area (Å²) in [4.78, 5) is 13.4. The molecule has 0 bridgehead atoms. The van der Waals surface area contributed by atoms with Crippen molar-refractivity contribution in [2.45, 2.75) is 37.5 Å². The van der Waals surface area contributed by atoms with Gasteiger partial charge in [-0.2, -0.15) is 13.2 Å². The lowest BCUT2D eigenvalue weighted by atomic mass is 9.89. The third kappa shape index (κ3) is 4.28. The highest BCUT2D eigenvalue weighted by Gasteiger charge is 2.40. The number of hydrogen-bond acceptors (Lipinski definition) is 2. The van der Waals surface area contributed by atoms with Crippen molar-refractivity contribution in [2.24, 2.45) is 0 Å². The van der Waals surface area contributed by atoms with E-state index in [0.29, 0.717) is 23.6 Å². The molecule has 1 heterocycles. The third-order valence-corrected chi connectivity index (χ3v) is 5.12. The SMILES string of the molecule is O=C(O)C1CCCCN1C(c1cccc(Cl)c1)c1ccccc1C(F)(F)F. The van der Waals surface area contributed by atoms with Crippen molar-refractivity contribution in [1.29, 1.82) is 0 Å². The minimum atomic E-state index is -4.54. The first-order chi connectivity index (χ1) is 12.8. The molecule has 1 fully saturated rings. The molecule has 0 spiro atoms. The van der Waals surface area contributed by atoms with E-state index in [1.165, 1.54) is 12.1 Å². The van der Waals surface area contributed by atoms with Crippen molar-refractivity contribution in [1.82, 2.24) is 4.90 Å². The van der Waals surface area contributed by atoms with E-state index >= 15 is 0 Å². The van der Waals surface area contributed by atoms with Gasteiger partial charge in [-0.3, -0.25) is 9.69 Å². The van der Waals surface area contributed by atoms with Gasteiger partial charge in [-0.15, -0.1) is 0 Å². The largest absolute Gasteiger partial charge is 0.480 e. The Morgan fingerprint density at radius 3 is 2.56 bits per heavy atom. The van der Waals surface area contributed by atoms with Crippen molar-refractivity contribution in [3.05, 3.63) is 70.2 Å². The number of likely N-dealkylation sites (tertiary alicyclic amines) is 1. The zero-order valence-corrected chi connectivity index (χ0v) is 15.2. The number of piperidine rings is 1. The summed E-state index contributed by atoms with van der Waals surface area (Å²) in [6.07, 6.45) is -2.67. The number of alkyl halides is 3. The minimum absolute atomic E-state index is 0.0421. The molecule has 7 heteroatoms. The molecular formula is C20H19ClF3NO2. The normalized spacial score (nSPS) is 19.6. The molecule has 3 rings (SSSR count). The highest BCUT2D eigenvalue weighted by atomic mass is 35.5. The van der Waals surface area contributed by atoms with E-state index in [9.17, 15) is 23.1 Å². The van der Waals surface area contributed by atoms with Crippen LogP contribution in [0.5, 0.6) is 0 Å².